The second-order valence-electron chi connectivity index (χ2n) is 7.68. The van der Waals surface area contributed by atoms with Gasteiger partial charge in [0.05, 0.1) is 5.75 Å². The minimum absolute atomic E-state index is 0.0640. The van der Waals surface area contributed by atoms with Gasteiger partial charge in [-0.25, -0.2) is 9.97 Å². The molecule has 0 spiro atoms. The van der Waals surface area contributed by atoms with Gasteiger partial charge in [0.1, 0.15) is 28.9 Å². The zero-order valence-electron chi connectivity index (χ0n) is 16.5. The molecule has 150 valence electrons. The van der Waals surface area contributed by atoms with E-state index in [1.54, 1.807) is 17.4 Å². The van der Waals surface area contributed by atoms with Crippen LogP contribution in [0.4, 0.5) is 0 Å². The number of Topliss-reactive ketones (excluding diaryl/α,β-unsaturated/α-hetero) is 1. The quantitative estimate of drug-likeness (QED) is 0.337. The molecular weight excluding hydrogens is 404 g/mol. The van der Waals surface area contributed by atoms with Gasteiger partial charge in [0.2, 0.25) is 0 Å². The van der Waals surface area contributed by atoms with E-state index in [0.717, 1.165) is 34.4 Å². The van der Waals surface area contributed by atoms with Crippen molar-refractivity contribution in [1.82, 2.24) is 9.97 Å². The average Bonchev–Trinajstić information content (AvgIpc) is 3.08. The number of carbonyl (C=O) groups is 1. The molecule has 1 aliphatic carbocycles. The smallest absolute Gasteiger partial charge is 0.173 e. The topological polar surface area (TPSA) is 61.3 Å². The molecule has 0 fully saturated rings. The number of ketones is 1. The van der Waals surface area contributed by atoms with E-state index in [2.05, 4.69) is 11.9 Å². The molecule has 1 unspecified atom stereocenters. The van der Waals surface area contributed by atoms with Crippen LogP contribution in [0.25, 0.3) is 10.2 Å². The first kappa shape index (κ1) is 18.9. The first-order valence-electron chi connectivity index (χ1n) is 9.93. The van der Waals surface area contributed by atoms with Gasteiger partial charge in [-0.1, -0.05) is 18.7 Å². The van der Waals surface area contributed by atoms with E-state index in [1.165, 1.54) is 34.0 Å². The van der Waals surface area contributed by atoms with E-state index >= 15 is 0 Å². The number of ether oxygens (including phenoxy) is 2. The zero-order chi connectivity index (χ0) is 20.0. The van der Waals surface area contributed by atoms with E-state index in [0.29, 0.717) is 36.0 Å². The molecule has 1 atom stereocenters. The molecule has 0 saturated heterocycles. The number of benzene rings is 1. The molecule has 0 N–H and O–H groups in total. The minimum atomic E-state index is 0.0640. The number of thioether (sulfide) groups is 1. The fourth-order valence-electron chi connectivity index (χ4n) is 3.95. The maximum Gasteiger partial charge on any atom is 0.173 e. The van der Waals surface area contributed by atoms with Crippen LogP contribution in [-0.2, 0) is 12.8 Å². The summed E-state index contributed by atoms with van der Waals surface area (Å²) in [6.07, 6.45) is 3.40. The molecule has 29 heavy (non-hydrogen) atoms. The first-order valence-corrected chi connectivity index (χ1v) is 11.7. The summed E-state index contributed by atoms with van der Waals surface area (Å²) in [5, 5.41) is 2.10. The van der Waals surface area contributed by atoms with E-state index < -0.39 is 0 Å². The molecule has 2 aliphatic rings. The van der Waals surface area contributed by atoms with Crippen molar-refractivity contribution in [3.63, 3.8) is 0 Å². The SMILES string of the molecule is Cc1nc(SCC(=O)c2ccc3c(c2)OCCO3)c2c3c(sc2n1)CC(C)CC3. The molecular formula is C22H22N2O3S2. The molecule has 5 nitrogen and oxygen atoms in total. The third-order valence-electron chi connectivity index (χ3n) is 5.44. The summed E-state index contributed by atoms with van der Waals surface area (Å²) in [5.74, 6) is 3.23. The average molecular weight is 427 g/mol. The molecule has 3 heterocycles. The Morgan fingerprint density at radius 2 is 2.07 bits per heavy atom. The highest BCUT2D eigenvalue weighted by molar-refractivity contribution is 8.00. The Labute approximate surface area is 177 Å². The maximum absolute atomic E-state index is 12.8. The summed E-state index contributed by atoms with van der Waals surface area (Å²) < 4.78 is 11.2. The molecule has 5 rings (SSSR count). The molecule has 1 aromatic carbocycles. The highest BCUT2D eigenvalue weighted by atomic mass is 32.2. The predicted molar refractivity (Wildman–Crippen MR) is 116 cm³/mol. The van der Waals surface area contributed by atoms with Crippen LogP contribution >= 0.6 is 23.1 Å². The van der Waals surface area contributed by atoms with Crippen LogP contribution < -0.4 is 9.47 Å². The Bertz CT molecular complexity index is 1110. The van der Waals surface area contributed by atoms with Gasteiger partial charge in [-0.05, 0) is 55.9 Å². The van der Waals surface area contributed by atoms with Gasteiger partial charge in [-0.2, -0.15) is 0 Å². The van der Waals surface area contributed by atoms with Crippen molar-refractivity contribution in [2.75, 3.05) is 19.0 Å². The van der Waals surface area contributed by atoms with Gasteiger partial charge in [-0.3, -0.25) is 4.79 Å². The molecule has 0 amide bonds. The van der Waals surface area contributed by atoms with Crippen LogP contribution in [0.15, 0.2) is 23.2 Å². The number of hydrogen-bond donors (Lipinski definition) is 0. The van der Waals surface area contributed by atoms with Gasteiger partial charge in [-0.15, -0.1) is 11.3 Å². The van der Waals surface area contributed by atoms with Crippen LogP contribution in [0.5, 0.6) is 11.5 Å². The van der Waals surface area contributed by atoms with E-state index in [-0.39, 0.29) is 5.78 Å². The van der Waals surface area contributed by atoms with Crippen molar-refractivity contribution in [3.05, 3.63) is 40.0 Å². The summed E-state index contributed by atoms with van der Waals surface area (Å²) in [5.41, 5.74) is 2.04. The standard InChI is InChI=1S/C22H22N2O3S2/c1-12-3-5-15-19(9-12)29-22-20(15)21(23-13(2)24-22)28-11-16(25)14-4-6-17-18(10-14)27-8-7-26-17/h4,6,10,12H,3,5,7-9,11H2,1-2H3. The van der Waals surface area contributed by atoms with Crippen LogP contribution in [0.2, 0.25) is 0 Å². The molecule has 1 aliphatic heterocycles. The molecule has 3 aromatic rings. The number of hydrogen-bond acceptors (Lipinski definition) is 7. The molecule has 2 aromatic heterocycles. The van der Waals surface area contributed by atoms with E-state index in [9.17, 15) is 4.79 Å². The third-order valence-corrected chi connectivity index (χ3v) is 7.56. The lowest BCUT2D eigenvalue weighted by Gasteiger charge is -2.18. The van der Waals surface area contributed by atoms with Gasteiger partial charge >= 0.3 is 0 Å². The number of aryl methyl sites for hydroxylation is 2. The number of nitrogens with zero attached hydrogens (tertiary/aromatic N) is 2. The van der Waals surface area contributed by atoms with Crippen LogP contribution in [0, 0.1) is 12.8 Å². The maximum atomic E-state index is 12.8. The van der Waals surface area contributed by atoms with Gasteiger partial charge in [0.15, 0.2) is 17.3 Å². The van der Waals surface area contributed by atoms with E-state index in [4.69, 9.17) is 14.5 Å². The summed E-state index contributed by atoms with van der Waals surface area (Å²) in [7, 11) is 0. The van der Waals surface area contributed by atoms with Gasteiger partial charge in [0, 0.05) is 15.8 Å². The van der Waals surface area contributed by atoms with Crippen LogP contribution in [0.1, 0.15) is 40.0 Å². The highest BCUT2D eigenvalue weighted by Crippen LogP contribution is 2.41. The molecule has 0 bridgehead atoms. The summed E-state index contributed by atoms with van der Waals surface area (Å²) in [4.78, 5) is 24.7. The molecule has 7 heteroatoms. The summed E-state index contributed by atoms with van der Waals surface area (Å²) in [6.45, 7) is 5.29. The van der Waals surface area contributed by atoms with Crippen molar-refractivity contribution in [2.45, 2.75) is 38.1 Å². The number of carbonyl (C=O) groups excluding carboxylic acids is 1. The lowest BCUT2D eigenvalue weighted by molar-refractivity contribution is 0.102. The summed E-state index contributed by atoms with van der Waals surface area (Å²) >= 11 is 3.31. The zero-order valence-corrected chi connectivity index (χ0v) is 18.1. The number of fused-ring (bicyclic) bond motifs is 4. The van der Waals surface area contributed by atoms with Gasteiger partial charge < -0.3 is 9.47 Å². The fourth-order valence-corrected chi connectivity index (χ4v) is 6.44. The number of rotatable bonds is 4. The van der Waals surface area contributed by atoms with Crippen LogP contribution in [-0.4, -0.2) is 34.7 Å². The lowest BCUT2D eigenvalue weighted by Crippen LogP contribution is -2.16. The van der Waals surface area contributed by atoms with Crippen molar-refractivity contribution < 1.29 is 14.3 Å². The fraction of sp³-hybridized carbons (Fsp3) is 0.409. The molecule has 0 saturated carbocycles. The Morgan fingerprint density at radius 3 is 2.93 bits per heavy atom. The van der Waals surface area contributed by atoms with Crippen molar-refractivity contribution in [1.29, 1.82) is 0 Å². The number of aromatic nitrogens is 2. The Morgan fingerprint density at radius 1 is 1.24 bits per heavy atom. The molecule has 0 radical (unpaired) electrons. The second-order valence-corrected chi connectivity index (χ2v) is 9.73. The predicted octanol–water partition coefficient (Wildman–Crippen LogP) is 4.87. The normalized spacial score (nSPS) is 17.9. The van der Waals surface area contributed by atoms with Crippen molar-refractivity contribution in [3.8, 4) is 11.5 Å². The minimum Gasteiger partial charge on any atom is -0.486 e. The van der Waals surface area contributed by atoms with Gasteiger partial charge in [0.25, 0.3) is 0 Å². The Kier molecular flexibility index (Phi) is 4.95. The van der Waals surface area contributed by atoms with Crippen LogP contribution in [0.3, 0.4) is 0 Å². The monoisotopic (exact) mass is 426 g/mol. The van der Waals surface area contributed by atoms with Crippen molar-refractivity contribution in [2.24, 2.45) is 5.92 Å². The van der Waals surface area contributed by atoms with Crippen molar-refractivity contribution >= 4 is 39.1 Å². The summed E-state index contributed by atoms with van der Waals surface area (Å²) in [6, 6.07) is 5.41. The third kappa shape index (κ3) is 3.62. The first-order chi connectivity index (χ1) is 14.1. The second kappa shape index (κ2) is 7.61. The Hall–Kier alpha value is -2.12. The Balaban J connectivity index is 1.41. The lowest BCUT2D eigenvalue weighted by atomic mass is 9.89. The number of thiophene rings is 1. The largest absolute Gasteiger partial charge is 0.486 e. The van der Waals surface area contributed by atoms with E-state index in [1.807, 2.05) is 19.1 Å². The highest BCUT2D eigenvalue weighted by Gasteiger charge is 2.24.